The molecule has 2 aromatic heterocycles. The van der Waals surface area contributed by atoms with E-state index >= 15 is 0 Å². The molecule has 0 atom stereocenters. The summed E-state index contributed by atoms with van der Waals surface area (Å²) in [6.45, 7) is 0.296. The molecular weight excluding hydrogens is 356 g/mol. The SMILES string of the molecule is COc1ccccc1CNC(=O)c1cnn2c(O)cc(-c3ccccc3)nc12. The summed E-state index contributed by atoms with van der Waals surface area (Å²) in [5.74, 6) is 0.274. The lowest BCUT2D eigenvalue weighted by Crippen LogP contribution is -2.23. The topological polar surface area (TPSA) is 88.8 Å². The molecule has 7 nitrogen and oxygen atoms in total. The molecule has 2 aromatic carbocycles. The maximum Gasteiger partial charge on any atom is 0.257 e. The summed E-state index contributed by atoms with van der Waals surface area (Å²) in [6, 6.07) is 18.4. The number of carbonyl (C=O) groups is 1. The monoisotopic (exact) mass is 374 g/mol. The van der Waals surface area contributed by atoms with Crippen LogP contribution in [0.5, 0.6) is 11.6 Å². The molecule has 0 radical (unpaired) electrons. The van der Waals surface area contributed by atoms with E-state index in [4.69, 9.17) is 4.74 Å². The summed E-state index contributed by atoms with van der Waals surface area (Å²) in [7, 11) is 1.59. The molecule has 0 saturated heterocycles. The summed E-state index contributed by atoms with van der Waals surface area (Å²) in [4.78, 5) is 17.3. The van der Waals surface area contributed by atoms with Gasteiger partial charge < -0.3 is 15.2 Å². The number of nitrogens with zero attached hydrogens (tertiary/aromatic N) is 3. The minimum absolute atomic E-state index is 0.0902. The van der Waals surface area contributed by atoms with Gasteiger partial charge in [0.25, 0.3) is 5.91 Å². The normalized spacial score (nSPS) is 10.8. The molecule has 0 aliphatic carbocycles. The van der Waals surface area contributed by atoms with E-state index in [2.05, 4.69) is 15.4 Å². The molecule has 0 aliphatic heterocycles. The highest BCUT2D eigenvalue weighted by molar-refractivity contribution is 6.00. The third kappa shape index (κ3) is 3.25. The Balaban J connectivity index is 1.65. The maximum atomic E-state index is 12.7. The highest BCUT2D eigenvalue weighted by Crippen LogP contribution is 2.24. The predicted octanol–water partition coefficient (Wildman–Crippen LogP) is 3.04. The minimum atomic E-state index is -0.335. The maximum absolute atomic E-state index is 12.7. The number of carbonyl (C=O) groups excluding carboxylic acids is 1. The molecule has 28 heavy (non-hydrogen) atoms. The fourth-order valence-electron chi connectivity index (χ4n) is 2.98. The number of nitrogens with one attached hydrogen (secondary N) is 1. The molecular formula is C21H18N4O3. The smallest absolute Gasteiger partial charge is 0.257 e. The first kappa shape index (κ1) is 17.5. The molecule has 0 spiro atoms. The van der Waals surface area contributed by atoms with E-state index in [1.807, 2.05) is 54.6 Å². The van der Waals surface area contributed by atoms with Crippen molar-refractivity contribution in [1.29, 1.82) is 0 Å². The Hall–Kier alpha value is -3.87. The number of aromatic nitrogens is 3. The van der Waals surface area contributed by atoms with Crippen LogP contribution in [0.15, 0.2) is 66.9 Å². The van der Waals surface area contributed by atoms with E-state index in [1.165, 1.54) is 16.8 Å². The zero-order chi connectivity index (χ0) is 19.5. The van der Waals surface area contributed by atoms with Crippen LogP contribution in [0, 0.1) is 0 Å². The van der Waals surface area contributed by atoms with Crippen molar-refractivity contribution in [2.24, 2.45) is 0 Å². The van der Waals surface area contributed by atoms with Crippen molar-refractivity contribution in [2.75, 3.05) is 7.11 Å². The van der Waals surface area contributed by atoms with Gasteiger partial charge in [0, 0.05) is 23.7 Å². The molecule has 2 N–H and O–H groups in total. The van der Waals surface area contributed by atoms with Crippen molar-refractivity contribution in [1.82, 2.24) is 19.9 Å². The number of rotatable bonds is 5. The average molecular weight is 374 g/mol. The summed E-state index contributed by atoms with van der Waals surface area (Å²) >= 11 is 0. The van der Waals surface area contributed by atoms with E-state index < -0.39 is 0 Å². The molecule has 4 aromatic rings. The van der Waals surface area contributed by atoms with Crippen molar-refractivity contribution in [3.05, 3.63) is 78.0 Å². The lowest BCUT2D eigenvalue weighted by atomic mass is 10.1. The van der Waals surface area contributed by atoms with Gasteiger partial charge in [-0.05, 0) is 6.07 Å². The molecule has 1 amide bonds. The molecule has 0 bridgehead atoms. The first-order valence-corrected chi connectivity index (χ1v) is 8.70. The standard InChI is InChI=1S/C21H18N4O3/c1-28-18-10-6-5-9-15(18)12-22-21(27)16-13-23-25-19(26)11-17(24-20(16)25)14-7-3-2-4-8-14/h2-11,13,26H,12H2,1H3,(H,22,27). The van der Waals surface area contributed by atoms with Crippen LogP contribution in [-0.2, 0) is 6.54 Å². The molecule has 140 valence electrons. The fraction of sp³-hybridized carbons (Fsp3) is 0.0952. The molecule has 2 heterocycles. The highest BCUT2D eigenvalue weighted by atomic mass is 16.5. The Bertz CT molecular complexity index is 1140. The quantitative estimate of drug-likeness (QED) is 0.561. The van der Waals surface area contributed by atoms with Crippen LogP contribution in [0.4, 0.5) is 0 Å². The Labute approximate surface area is 161 Å². The zero-order valence-electron chi connectivity index (χ0n) is 15.2. The summed E-state index contributed by atoms with van der Waals surface area (Å²) in [6.07, 6.45) is 1.40. The number of para-hydroxylation sites is 1. The molecule has 0 unspecified atom stereocenters. The second-order valence-corrected chi connectivity index (χ2v) is 6.15. The van der Waals surface area contributed by atoms with Crippen LogP contribution in [0.2, 0.25) is 0 Å². The van der Waals surface area contributed by atoms with Gasteiger partial charge in [0.05, 0.1) is 19.0 Å². The van der Waals surface area contributed by atoms with Crippen LogP contribution in [0.3, 0.4) is 0 Å². The van der Waals surface area contributed by atoms with Crippen LogP contribution in [-0.4, -0.2) is 32.7 Å². The summed E-state index contributed by atoms with van der Waals surface area (Å²) in [5, 5.41) is 17.2. The van der Waals surface area contributed by atoms with Crippen molar-refractivity contribution >= 4 is 11.6 Å². The number of fused-ring (bicyclic) bond motifs is 1. The van der Waals surface area contributed by atoms with Gasteiger partial charge in [-0.2, -0.15) is 9.61 Å². The third-order valence-electron chi connectivity index (χ3n) is 4.40. The van der Waals surface area contributed by atoms with Crippen LogP contribution < -0.4 is 10.1 Å². The van der Waals surface area contributed by atoms with Crippen LogP contribution in [0.25, 0.3) is 16.9 Å². The number of benzene rings is 2. The largest absolute Gasteiger partial charge is 0.496 e. The van der Waals surface area contributed by atoms with Gasteiger partial charge in [-0.15, -0.1) is 0 Å². The van der Waals surface area contributed by atoms with E-state index in [0.717, 1.165) is 11.1 Å². The van der Waals surface area contributed by atoms with Crippen molar-refractivity contribution in [3.63, 3.8) is 0 Å². The van der Waals surface area contributed by atoms with E-state index in [9.17, 15) is 9.90 Å². The Morgan fingerprint density at radius 1 is 1.14 bits per heavy atom. The van der Waals surface area contributed by atoms with Crippen LogP contribution in [0.1, 0.15) is 15.9 Å². The molecule has 7 heteroatoms. The molecule has 0 fully saturated rings. The van der Waals surface area contributed by atoms with Gasteiger partial charge in [-0.1, -0.05) is 48.5 Å². The molecule has 0 saturated carbocycles. The number of hydrogen-bond acceptors (Lipinski definition) is 5. The van der Waals surface area contributed by atoms with Gasteiger partial charge >= 0.3 is 0 Å². The van der Waals surface area contributed by atoms with Gasteiger partial charge in [-0.3, -0.25) is 4.79 Å². The van der Waals surface area contributed by atoms with Gasteiger partial charge in [-0.25, -0.2) is 4.98 Å². The number of ether oxygens (including phenoxy) is 1. The highest BCUT2D eigenvalue weighted by Gasteiger charge is 2.17. The second-order valence-electron chi connectivity index (χ2n) is 6.15. The predicted molar refractivity (Wildman–Crippen MR) is 104 cm³/mol. The Kier molecular flexibility index (Phi) is 4.63. The second kappa shape index (κ2) is 7.40. The lowest BCUT2D eigenvalue weighted by Gasteiger charge is -2.09. The first-order chi connectivity index (χ1) is 13.7. The zero-order valence-corrected chi connectivity index (χ0v) is 15.2. The Morgan fingerprint density at radius 2 is 1.89 bits per heavy atom. The lowest BCUT2D eigenvalue weighted by molar-refractivity contribution is 0.0952. The minimum Gasteiger partial charge on any atom is -0.496 e. The number of methoxy groups -OCH3 is 1. The number of hydrogen-bond donors (Lipinski definition) is 2. The van der Waals surface area contributed by atoms with Gasteiger partial charge in [0.1, 0.15) is 11.3 Å². The van der Waals surface area contributed by atoms with Crippen LogP contribution >= 0.6 is 0 Å². The number of amides is 1. The van der Waals surface area contributed by atoms with Gasteiger partial charge in [0.2, 0.25) is 5.88 Å². The summed E-state index contributed by atoms with van der Waals surface area (Å²) < 4.78 is 6.55. The van der Waals surface area contributed by atoms with E-state index in [-0.39, 0.29) is 23.0 Å². The van der Waals surface area contributed by atoms with Crippen molar-refractivity contribution < 1.29 is 14.6 Å². The van der Waals surface area contributed by atoms with Gasteiger partial charge in [0.15, 0.2) is 5.65 Å². The molecule has 0 aliphatic rings. The third-order valence-corrected chi connectivity index (χ3v) is 4.40. The van der Waals surface area contributed by atoms with E-state index in [1.54, 1.807) is 7.11 Å². The van der Waals surface area contributed by atoms with Crippen molar-refractivity contribution in [3.8, 4) is 22.9 Å². The summed E-state index contributed by atoms with van der Waals surface area (Å²) in [5.41, 5.74) is 2.82. The Morgan fingerprint density at radius 3 is 2.68 bits per heavy atom. The fourth-order valence-corrected chi connectivity index (χ4v) is 2.98. The molecule has 4 rings (SSSR count). The van der Waals surface area contributed by atoms with Crippen molar-refractivity contribution in [2.45, 2.75) is 6.54 Å². The first-order valence-electron chi connectivity index (χ1n) is 8.70. The number of aromatic hydroxyl groups is 1. The van der Waals surface area contributed by atoms with E-state index in [0.29, 0.717) is 18.0 Å². The average Bonchev–Trinajstić information content (AvgIpc) is 3.17.